The lowest BCUT2D eigenvalue weighted by Gasteiger charge is -2.13. The second-order valence-corrected chi connectivity index (χ2v) is 5.75. The van der Waals surface area contributed by atoms with Crippen LogP contribution in [0.1, 0.15) is 28.4 Å². The number of hydrogen-bond acceptors (Lipinski definition) is 4. The van der Waals surface area contributed by atoms with E-state index in [1.54, 1.807) is 6.07 Å². The zero-order valence-corrected chi connectivity index (χ0v) is 14.3. The summed E-state index contributed by atoms with van der Waals surface area (Å²) >= 11 is 5.84. The van der Waals surface area contributed by atoms with Gasteiger partial charge in [-0.25, -0.2) is 4.79 Å². The number of esters is 1. The highest BCUT2D eigenvalue weighted by atomic mass is 35.5. The molecule has 2 aromatic carbocycles. The van der Waals surface area contributed by atoms with Crippen LogP contribution in [0.3, 0.4) is 0 Å². The van der Waals surface area contributed by atoms with E-state index in [0.717, 1.165) is 23.2 Å². The lowest BCUT2D eigenvalue weighted by Crippen LogP contribution is -2.22. The quantitative estimate of drug-likeness (QED) is 0.640. The minimum atomic E-state index is -0.689. The Morgan fingerprint density at radius 2 is 2.00 bits per heavy atom. The number of nitrogens with two attached hydrogens (primary N) is 1. The fourth-order valence-corrected chi connectivity index (χ4v) is 2.46. The van der Waals surface area contributed by atoms with Crippen molar-refractivity contribution in [2.24, 2.45) is 0 Å². The highest BCUT2D eigenvalue weighted by molar-refractivity contribution is 6.31. The number of nitrogens with one attached hydrogen (secondary N) is 1. The molecule has 2 rings (SSSR count). The first-order chi connectivity index (χ1) is 11.4. The molecule has 5 nitrogen and oxygen atoms in total. The van der Waals surface area contributed by atoms with Gasteiger partial charge in [-0.15, -0.1) is 0 Å². The van der Waals surface area contributed by atoms with Gasteiger partial charge in [-0.05, 0) is 42.7 Å². The predicted octanol–water partition coefficient (Wildman–Crippen LogP) is 3.59. The van der Waals surface area contributed by atoms with Crippen LogP contribution in [0, 0.1) is 6.92 Å². The highest BCUT2D eigenvalue weighted by Crippen LogP contribution is 2.21. The molecule has 126 valence electrons. The molecule has 0 aliphatic rings. The largest absolute Gasteiger partial charge is 0.452 e. The van der Waals surface area contributed by atoms with E-state index in [0.29, 0.717) is 5.02 Å². The smallest absolute Gasteiger partial charge is 0.340 e. The van der Waals surface area contributed by atoms with Crippen LogP contribution < -0.4 is 11.1 Å². The molecule has 0 saturated carbocycles. The molecular formula is C18H19ClN2O3. The van der Waals surface area contributed by atoms with E-state index in [1.807, 2.05) is 32.0 Å². The molecule has 0 atom stereocenters. The van der Waals surface area contributed by atoms with Gasteiger partial charge in [0.2, 0.25) is 0 Å². The Bertz CT molecular complexity index is 775. The summed E-state index contributed by atoms with van der Waals surface area (Å²) in [6.07, 6.45) is 0.788. The van der Waals surface area contributed by atoms with E-state index < -0.39 is 18.5 Å². The first-order valence-electron chi connectivity index (χ1n) is 7.52. The second-order valence-electron chi connectivity index (χ2n) is 5.32. The van der Waals surface area contributed by atoms with Crippen LogP contribution in [0.5, 0.6) is 0 Å². The standard InChI is InChI=1S/C18H19ClN2O3/c1-3-12-6-4-5-11(2)17(12)21-16(22)10-24-18(23)14-9-13(19)7-8-15(14)20/h4-9H,3,10,20H2,1-2H3,(H,21,22). The normalized spacial score (nSPS) is 10.3. The monoisotopic (exact) mass is 346 g/mol. The van der Waals surface area contributed by atoms with Crippen molar-refractivity contribution in [2.45, 2.75) is 20.3 Å². The van der Waals surface area contributed by atoms with Gasteiger partial charge in [0.1, 0.15) is 0 Å². The maximum Gasteiger partial charge on any atom is 0.340 e. The molecule has 2 aromatic rings. The number of benzene rings is 2. The first-order valence-corrected chi connectivity index (χ1v) is 7.90. The number of aryl methyl sites for hydroxylation is 2. The number of hydrogen-bond donors (Lipinski definition) is 2. The molecule has 0 aliphatic heterocycles. The summed E-state index contributed by atoms with van der Waals surface area (Å²) in [6, 6.07) is 10.3. The van der Waals surface area contributed by atoms with Crippen molar-refractivity contribution in [1.82, 2.24) is 0 Å². The van der Waals surface area contributed by atoms with Gasteiger partial charge in [0, 0.05) is 16.4 Å². The number of carbonyl (C=O) groups excluding carboxylic acids is 2. The summed E-state index contributed by atoms with van der Waals surface area (Å²) < 4.78 is 5.02. The van der Waals surface area contributed by atoms with E-state index in [4.69, 9.17) is 22.1 Å². The van der Waals surface area contributed by atoms with E-state index in [1.165, 1.54) is 12.1 Å². The van der Waals surface area contributed by atoms with E-state index in [2.05, 4.69) is 5.32 Å². The Kier molecular flexibility index (Phi) is 5.82. The number of carbonyl (C=O) groups is 2. The molecule has 0 unspecified atom stereocenters. The van der Waals surface area contributed by atoms with Gasteiger partial charge in [-0.1, -0.05) is 36.7 Å². The van der Waals surface area contributed by atoms with Crippen LogP contribution in [-0.4, -0.2) is 18.5 Å². The summed E-state index contributed by atoms with van der Waals surface area (Å²) in [4.78, 5) is 24.1. The minimum absolute atomic E-state index is 0.139. The summed E-state index contributed by atoms with van der Waals surface area (Å²) in [6.45, 7) is 3.52. The number of anilines is 2. The topological polar surface area (TPSA) is 81.4 Å². The van der Waals surface area contributed by atoms with Crippen LogP contribution >= 0.6 is 11.6 Å². The van der Waals surface area contributed by atoms with Crippen LogP contribution in [-0.2, 0) is 16.0 Å². The fourth-order valence-electron chi connectivity index (χ4n) is 2.29. The fraction of sp³-hybridized carbons (Fsp3) is 0.222. The Hall–Kier alpha value is -2.53. The molecule has 0 radical (unpaired) electrons. The van der Waals surface area contributed by atoms with Crippen LogP contribution in [0.15, 0.2) is 36.4 Å². The zero-order valence-electron chi connectivity index (χ0n) is 13.6. The van der Waals surface area contributed by atoms with Gasteiger partial charge in [0.15, 0.2) is 6.61 Å². The molecule has 0 spiro atoms. The number of amides is 1. The third-order valence-corrected chi connectivity index (χ3v) is 3.81. The SMILES string of the molecule is CCc1cccc(C)c1NC(=O)COC(=O)c1cc(Cl)ccc1N. The Labute approximate surface area is 145 Å². The van der Waals surface area contributed by atoms with Crippen molar-refractivity contribution in [3.63, 3.8) is 0 Å². The first kappa shape index (κ1) is 17.8. The average Bonchev–Trinajstić information content (AvgIpc) is 2.56. The van der Waals surface area contributed by atoms with E-state index in [-0.39, 0.29) is 11.3 Å². The van der Waals surface area contributed by atoms with Crippen LogP contribution in [0.4, 0.5) is 11.4 Å². The van der Waals surface area contributed by atoms with Crippen molar-refractivity contribution in [1.29, 1.82) is 0 Å². The predicted molar refractivity (Wildman–Crippen MR) is 95.3 cm³/mol. The van der Waals surface area contributed by atoms with Crippen molar-refractivity contribution in [2.75, 3.05) is 17.7 Å². The maximum absolute atomic E-state index is 12.1. The second kappa shape index (κ2) is 7.84. The number of rotatable bonds is 5. The zero-order chi connectivity index (χ0) is 17.7. The molecule has 1 amide bonds. The van der Waals surface area contributed by atoms with Crippen LogP contribution in [0.2, 0.25) is 5.02 Å². The summed E-state index contributed by atoms with van der Waals surface area (Å²) in [7, 11) is 0. The molecule has 0 saturated heterocycles. The van der Waals surface area contributed by atoms with E-state index in [9.17, 15) is 9.59 Å². The lowest BCUT2D eigenvalue weighted by molar-refractivity contribution is -0.119. The summed E-state index contributed by atoms with van der Waals surface area (Å²) in [5.74, 6) is -1.10. The molecule has 0 fully saturated rings. The summed E-state index contributed by atoms with van der Waals surface area (Å²) in [5, 5.41) is 3.16. The van der Waals surface area contributed by atoms with Gasteiger partial charge >= 0.3 is 5.97 Å². The summed E-state index contributed by atoms with van der Waals surface area (Å²) in [5.41, 5.74) is 8.83. The van der Waals surface area contributed by atoms with Gasteiger partial charge in [0.25, 0.3) is 5.91 Å². The van der Waals surface area contributed by atoms with Crippen molar-refractivity contribution in [3.8, 4) is 0 Å². The Morgan fingerprint density at radius 1 is 1.25 bits per heavy atom. The van der Waals surface area contributed by atoms with Crippen LogP contribution in [0.25, 0.3) is 0 Å². The molecule has 0 aromatic heterocycles. The molecule has 3 N–H and O–H groups in total. The number of halogens is 1. The van der Waals surface area contributed by atoms with Gasteiger partial charge in [-0.2, -0.15) is 0 Å². The van der Waals surface area contributed by atoms with Gasteiger partial charge < -0.3 is 15.8 Å². The van der Waals surface area contributed by atoms with Gasteiger partial charge in [0.05, 0.1) is 5.56 Å². The molecular weight excluding hydrogens is 328 g/mol. The highest BCUT2D eigenvalue weighted by Gasteiger charge is 2.15. The lowest BCUT2D eigenvalue weighted by atomic mass is 10.1. The van der Waals surface area contributed by atoms with Crippen molar-refractivity contribution >= 4 is 34.9 Å². The molecule has 0 bridgehead atoms. The minimum Gasteiger partial charge on any atom is -0.452 e. The Balaban J connectivity index is 2.01. The number of nitrogen functional groups attached to an aromatic ring is 1. The molecule has 6 heteroatoms. The molecule has 0 heterocycles. The van der Waals surface area contributed by atoms with E-state index >= 15 is 0 Å². The average molecular weight is 347 g/mol. The van der Waals surface area contributed by atoms with Crippen molar-refractivity contribution < 1.29 is 14.3 Å². The third-order valence-electron chi connectivity index (χ3n) is 3.57. The Morgan fingerprint density at radius 3 is 2.71 bits per heavy atom. The van der Waals surface area contributed by atoms with Gasteiger partial charge in [-0.3, -0.25) is 4.79 Å². The van der Waals surface area contributed by atoms with Crippen molar-refractivity contribution in [3.05, 3.63) is 58.1 Å². The maximum atomic E-state index is 12.1. The molecule has 0 aliphatic carbocycles. The number of ether oxygens (including phenoxy) is 1. The number of para-hydroxylation sites is 1. The third kappa shape index (κ3) is 4.26. The molecule has 24 heavy (non-hydrogen) atoms.